The summed E-state index contributed by atoms with van der Waals surface area (Å²) in [6.07, 6.45) is 3.15. The van der Waals surface area contributed by atoms with E-state index in [-0.39, 0.29) is 119 Å². The molecule has 8 aromatic heterocycles. The Morgan fingerprint density at radius 1 is 0.395 bits per heavy atom. The largest absolute Gasteiger partial charge is 0.497 e. The number of hydrogen-bond donors (Lipinski definition) is 8. The number of aliphatic hydroxyl groups excluding tert-OH is 2. The van der Waals surface area contributed by atoms with E-state index in [4.69, 9.17) is 104 Å². The number of H-pyrrole nitrogens is 3. The van der Waals surface area contributed by atoms with Gasteiger partial charge in [-0.3, -0.25) is 57.4 Å². The lowest BCUT2D eigenvalue weighted by atomic mass is 9.96. The van der Waals surface area contributed by atoms with Crippen LogP contribution in [0.1, 0.15) is 187 Å². The number of aromatic nitrogens is 11. The number of rotatable bonds is 27. The third kappa shape index (κ3) is 28.1. The zero-order valence-electron chi connectivity index (χ0n) is 72.0. The van der Waals surface area contributed by atoms with Crippen LogP contribution >= 0.6 is 69.6 Å². The van der Waals surface area contributed by atoms with E-state index in [2.05, 4.69) is 50.5 Å². The second-order valence-electron chi connectivity index (χ2n) is 30.0. The molecule has 129 heavy (non-hydrogen) atoms. The third-order valence-electron chi connectivity index (χ3n) is 19.2. The number of pyridine rings is 5. The number of ether oxygens (including phenoxy) is 4. The fourth-order valence-corrected chi connectivity index (χ4v) is 15.0. The molecule has 13 rings (SSSR count). The van der Waals surface area contributed by atoms with Gasteiger partial charge in [-0.25, -0.2) is 39.3 Å². The quantitative estimate of drug-likeness (QED) is 0.0175. The molecule has 0 aliphatic heterocycles. The first-order valence-electron chi connectivity index (χ1n) is 39.7. The van der Waals surface area contributed by atoms with Gasteiger partial charge in [0.05, 0.1) is 61.3 Å². The smallest absolute Gasteiger partial charge is 0.329 e. The molecule has 0 aliphatic rings. The lowest BCUT2D eigenvalue weighted by Crippen LogP contribution is -2.38. The summed E-state index contributed by atoms with van der Waals surface area (Å²) in [5.41, 5.74) is 11.4. The van der Waals surface area contributed by atoms with Crippen molar-refractivity contribution in [2.24, 2.45) is 0 Å². The van der Waals surface area contributed by atoms with Crippen molar-refractivity contribution in [2.75, 3.05) is 44.8 Å². The lowest BCUT2D eigenvalue weighted by Gasteiger charge is -2.18. The molecular formula is C94H98Cl6N14O15. The van der Waals surface area contributed by atoms with Crippen LogP contribution in [0.25, 0.3) is 0 Å². The highest BCUT2D eigenvalue weighted by molar-refractivity contribution is 6.32. The fraction of sp³-hybridized carbons (Fsp3) is 0.255. The van der Waals surface area contributed by atoms with Gasteiger partial charge in [-0.2, -0.15) is 0 Å². The molecule has 676 valence electrons. The lowest BCUT2D eigenvalue weighted by molar-refractivity contribution is 0.101. The Bertz CT molecular complexity index is 6470. The number of benzene rings is 5. The monoisotopic (exact) mass is 1870 g/mol. The maximum atomic E-state index is 13.8. The first-order valence-corrected chi connectivity index (χ1v) is 41.9. The Balaban J connectivity index is 0.000000208. The highest BCUT2D eigenvalue weighted by atomic mass is 35.5. The van der Waals surface area contributed by atoms with E-state index in [1.807, 2.05) is 62.4 Å². The third-order valence-corrected chi connectivity index (χ3v) is 20.5. The minimum atomic E-state index is -0.710. The van der Waals surface area contributed by atoms with Crippen LogP contribution in [0.15, 0.2) is 205 Å². The first kappa shape index (κ1) is 102. The second-order valence-corrected chi connectivity index (χ2v) is 32.5. The summed E-state index contributed by atoms with van der Waals surface area (Å²) in [5.74, 6) is 1.51. The van der Waals surface area contributed by atoms with Crippen molar-refractivity contribution in [2.45, 2.75) is 133 Å². The van der Waals surface area contributed by atoms with E-state index >= 15 is 0 Å². The number of hydrogen-bond acceptors (Lipinski definition) is 23. The summed E-state index contributed by atoms with van der Waals surface area (Å²) in [4.78, 5) is 145. The van der Waals surface area contributed by atoms with Crippen molar-refractivity contribution in [1.82, 2.24) is 53.6 Å². The number of aliphatic hydroxyl groups is 2. The number of methoxy groups -OCH3 is 4. The van der Waals surface area contributed by atoms with Gasteiger partial charge in [-0.15, -0.1) is 0 Å². The van der Waals surface area contributed by atoms with Crippen molar-refractivity contribution < 1.29 is 43.5 Å². The molecule has 9 N–H and O–H groups in total. The zero-order valence-corrected chi connectivity index (χ0v) is 76.6. The number of nitrogen functional groups attached to an aromatic ring is 1. The van der Waals surface area contributed by atoms with Crippen LogP contribution in [-0.4, -0.2) is 110 Å². The van der Waals surface area contributed by atoms with Gasteiger partial charge < -0.3 is 45.5 Å². The van der Waals surface area contributed by atoms with Crippen molar-refractivity contribution in [3.05, 3.63) is 375 Å². The minimum Gasteiger partial charge on any atom is -0.497 e. The summed E-state index contributed by atoms with van der Waals surface area (Å²) in [7, 11) is 6.28. The van der Waals surface area contributed by atoms with Gasteiger partial charge in [0.25, 0.3) is 16.7 Å². The van der Waals surface area contributed by atoms with Gasteiger partial charge in [-0.1, -0.05) is 143 Å². The summed E-state index contributed by atoms with van der Waals surface area (Å²) >= 11 is 36.7. The molecule has 29 nitrogen and oxygen atoms in total. The predicted molar refractivity (Wildman–Crippen MR) is 505 cm³/mol. The number of ketones is 3. The maximum absolute atomic E-state index is 13.8. The van der Waals surface area contributed by atoms with Gasteiger partial charge in [-0.05, 0) is 222 Å². The molecule has 0 amide bonds. The van der Waals surface area contributed by atoms with Crippen molar-refractivity contribution in [3.63, 3.8) is 0 Å². The van der Waals surface area contributed by atoms with Crippen LogP contribution in [0.4, 0.5) is 17.5 Å². The van der Waals surface area contributed by atoms with Crippen LogP contribution in [0.2, 0.25) is 30.5 Å². The van der Waals surface area contributed by atoms with Crippen LogP contribution in [0.3, 0.4) is 0 Å². The van der Waals surface area contributed by atoms with Gasteiger partial charge in [0, 0.05) is 86.1 Å². The van der Waals surface area contributed by atoms with E-state index in [0.29, 0.717) is 79.0 Å². The SMILES string of the molecule is C.COc1cc(CO)ccn1.COc1cc(Cn2c(C(=O)c3cc(C)cc(Cl)c3)c(C(C)C)c(=O)[nH]c2=O)ccn1.COc1ccc(CNc2cc(CO)cc(Cl)n2)cc1.COc1ccc(CNc2cc(Cn3c(C(=O)c4cc(C)cc(Cl)c4)c(C(C)C)c(=O)[nH]c3=O)cc(Cl)n2)cc1.Cc1cc(Cl)cc(C(=O)c2c(C(C)C)c(=O)[nH]c(=O)n2Cc2cc(N)nc(Cl)c2)c1. The zero-order chi connectivity index (χ0) is 93.5. The maximum Gasteiger partial charge on any atom is 0.329 e. The van der Waals surface area contributed by atoms with Crippen LogP contribution < -0.4 is 69.1 Å². The summed E-state index contributed by atoms with van der Waals surface area (Å²) in [6, 6.07) is 46.8. The van der Waals surface area contributed by atoms with Crippen molar-refractivity contribution >= 4 is 104 Å². The molecule has 35 heteroatoms. The molecule has 0 unspecified atom stereocenters. The van der Waals surface area contributed by atoms with E-state index in [1.165, 1.54) is 39.0 Å². The molecule has 0 bridgehead atoms. The summed E-state index contributed by atoms with van der Waals surface area (Å²) in [5, 5.41) is 26.1. The molecule has 0 spiro atoms. The molecule has 0 saturated heterocycles. The highest BCUT2D eigenvalue weighted by Crippen LogP contribution is 2.29. The number of nitrogens with zero attached hydrogens (tertiary/aromatic N) is 8. The number of halogens is 6. The molecule has 0 aliphatic carbocycles. The predicted octanol–water partition coefficient (Wildman–Crippen LogP) is 16.5. The molecule has 0 fully saturated rings. The molecule has 0 saturated carbocycles. The van der Waals surface area contributed by atoms with E-state index in [0.717, 1.165) is 50.4 Å². The number of aryl methyl sites for hydroxylation is 3. The fourth-order valence-electron chi connectivity index (χ4n) is 13.4. The molecule has 5 aromatic carbocycles. The average molecular weight is 1880 g/mol. The molecule has 8 heterocycles. The van der Waals surface area contributed by atoms with Crippen LogP contribution in [-0.2, 0) is 45.9 Å². The van der Waals surface area contributed by atoms with Gasteiger partial charge in [0.15, 0.2) is 0 Å². The second kappa shape index (κ2) is 47.3. The number of carbonyl (C=O) groups excluding carboxylic acids is 3. The topological polar surface area (TPSA) is 408 Å². The normalized spacial score (nSPS) is 10.7. The number of anilines is 3. The summed E-state index contributed by atoms with van der Waals surface area (Å²) < 4.78 is 24.0. The minimum absolute atomic E-state index is 0. The number of aromatic amines is 3. The van der Waals surface area contributed by atoms with E-state index in [9.17, 15) is 43.2 Å². The van der Waals surface area contributed by atoms with Gasteiger partial charge >= 0.3 is 17.1 Å². The van der Waals surface area contributed by atoms with Crippen molar-refractivity contribution in [3.8, 4) is 23.3 Å². The number of carbonyl (C=O) groups is 3. The van der Waals surface area contributed by atoms with Gasteiger partial charge in [0.2, 0.25) is 29.1 Å². The van der Waals surface area contributed by atoms with E-state index < -0.39 is 51.1 Å². The number of nitrogens with one attached hydrogen (secondary N) is 5. The average Bonchev–Trinajstić information content (AvgIpc) is 0.767. The Morgan fingerprint density at radius 2 is 0.713 bits per heavy atom. The molecule has 0 atom stereocenters. The Hall–Kier alpha value is -12.8. The van der Waals surface area contributed by atoms with Crippen LogP contribution in [0.5, 0.6) is 23.3 Å². The Kier molecular flexibility index (Phi) is 37.2. The molecule has 0 radical (unpaired) electrons. The van der Waals surface area contributed by atoms with Crippen molar-refractivity contribution in [1.29, 1.82) is 0 Å². The first-order chi connectivity index (χ1) is 60.9. The standard InChI is InChI=1S/C29H28Cl2N4O4.C22H22ClN3O4.C21H20Cl2N4O3.C14H15ClN2O2.C7H9NO2.CH4/c1-16(2)25-26(27(36)20-9-17(3)10-21(30)13-20)35(29(38)34-28(25)37)15-19-11-23(31)33-24(12-19)32-14-18-5-7-22(39-4)8-6-18;1-12(2)18-19(20(27)15-7-13(3)8-16(23)10-15)26(22(29)25-21(18)28)11-14-5-6-24-17(9-14)30-4;1-10(2)17-18(19(28)13-4-11(3)5-14(22)8-13)27(21(30)26-20(17)29)9-12-6-15(23)25-16(24)7-12;1-19-12-4-2-10(3-5-12)8-16-14-7-11(9-18)6-13(15)17-14;1-10-7-4-6(5-9)2-3-8-7;/h5-13,16H,14-15H2,1-4H3,(H,32,33)(H,34,37,38);5-10,12H,11H2,1-4H3,(H,25,28,29);4-8,10H,9H2,1-3H3,(H2,24,25)(H,26,29,30);2-7,18H,8-9H2,1H3,(H,16,17);2-4,9H,5H2,1H3;1H4. The molecular weight excluding hydrogens is 1780 g/mol. The Labute approximate surface area is 773 Å². The summed E-state index contributed by atoms with van der Waals surface area (Å²) in [6.45, 7) is 17.3. The van der Waals surface area contributed by atoms with Crippen LogP contribution in [0, 0.1) is 20.8 Å². The Morgan fingerprint density at radius 3 is 1.04 bits per heavy atom. The van der Waals surface area contributed by atoms with E-state index in [1.54, 1.807) is 179 Å². The molecule has 13 aromatic rings. The number of nitrogens with two attached hydrogens (primary N) is 1. The van der Waals surface area contributed by atoms with Gasteiger partial charge in [0.1, 0.15) is 61.5 Å². The highest BCUT2D eigenvalue weighted by Gasteiger charge is 2.29.